The number of carbonyl (C=O) groups excluding carboxylic acids is 2. The molecular formula is C20H18FN3O4. The first kappa shape index (κ1) is 19.2. The molecule has 2 aromatic carbocycles. The van der Waals surface area contributed by atoms with Gasteiger partial charge >= 0.3 is 0 Å². The van der Waals surface area contributed by atoms with E-state index in [9.17, 15) is 24.1 Å². The van der Waals surface area contributed by atoms with Crippen LogP contribution in [0.3, 0.4) is 0 Å². The fraction of sp³-hybridized carbons (Fsp3) is 0.200. The molecule has 3 rings (SSSR count). The highest BCUT2D eigenvalue weighted by Gasteiger charge is 2.24. The van der Waals surface area contributed by atoms with Crippen molar-refractivity contribution in [2.24, 2.45) is 0 Å². The quantitative estimate of drug-likeness (QED) is 0.462. The number of carbonyl (C=O) groups is 2. The van der Waals surface area contributed by atoms with Crippen LogP contribution in [0.1, 0.15) is 15.9 Å². The third-order valence-electron chi connectivity index (χ3n) is 4.45. The number of hydrogen-bond donors (Lipinski definition) is 0. The minimum atomic E-state index is -0.492. The van der Waals surface area contributed by atoms with E-state index in [-0.39, 0.29) is 23.1 Å². The van der Waals surface area contributed by atoms with Crippen molar-refractivity contribution in [2.75, 3.05) is 26.2 Å². The number of non-ortho nitro benzene ring substituents is 1. The molecule has 0 radical (unpaired) electrons. The molecule has 144 valence electrons. The number of hydrogen-bond acceptors (Lipinski definition) is 4. The zero-order valence-corrected chi connectivity index (χ0v) is 15.0. The summed E-state index contributed by atoms with van der Waals surface area (Å²) in [6.07, 6.45) is 2.89. The summed E-state index contributed by atoms with van der Waals surface area (Å²) in [6, 6.07) is 11.5. The van der Waals surface area contributed by atoms with Gasteiger partial charge in [0.05, 0.1) is 4.92 Å². The Balaban J connectivity index is 1.57. The Labute approximate surface area is 160 Å². The minimum absolute atomic E-state index is 0.0425. The normalized spacial score (nSPS) is 14.3. The second-order valence-corrected chi connectivity index (χ2v) is 6.31. The topological polar surface area (TPSA) is 83.8 Å². The van der Waals surface area contributed by atoms with E-state index in [1.165, 1.54) is 42.5 Å². The summed E-state index contributed by atoms with van der Waals surface area (Å²) in [5, 5.41) is 10.8. The smallest absolute Gasteiger partial charge is 0.270 e. The molecule has 0 bridgehead atoms. The van der Waals surface area contributed by atoms with Gasteiger partial charge in [-0.15, -0.1) is 0 Å². The van der Waals surface area contributed by atoms with E-state index in [2.05, 4.69) is 0 Å². The molecule has 0 aromatic heterocycles. The lowest BCUT2D eigenvalue weighted by atomic mass is 10.1. The van der Waals surface area contributed by atoms with Gasteiger partial charge in [-0.25, -0.2) is 4.39 Å². The van der Waals surface area contributed by atoms with Gasteiger partial charge in [0.15, 0.2) is 0 Å². The molecule has 0 atom stereocenters. The summed E-state index contributed by atoms with van der Waals surface area (Å²) in [6.45, 7) is 1.43. The van der Waals surface area contributed by atoms with Gasteiger partial charge in [-0.05, 0) is 29.8 Å². The highest BCUT2D eigenvalue weighted by atomic mass is 19.1. The second-order valence-electron chi connectivity index (χ2n) is 6.31. The zero-order valence-electron chi connectivity index (χ0n) is 15.0. The van der Waals surface area contributed by atoms with Crippen molar-refractivity contribution in [3.63, 3.8) is 0 Å². The largest absolute Gasteiger partial charge is 0.336 e. The Morgan fingerprint density at radius 1 is 1.00 bits per heavy atom. The maximum atomic E-state index is 13.3. The Hall–Kier alpha value is -3.55. The maximum Gasteiger partial charge on any atom is 0.270 e. The fourth-order valence-electron chi connectivity index (χ4n) is 2.95. The molecule has 0 spiro atoms. The van der Waals surface area contributed by atoms with Gasteiger partial charge < -0.3 is 9.80 Å². The molecule has 28 heavy (non-hydrogen) atoms. The van der Waals surface area contributed by atoms with Crippen molar-refractivity contribution < 1.29 is 18.9 Å². The van der Waals surface area contributed by atoms with E-state index >= 15 is 0 Å². The summed E-state index contributed by atoms with van der Waals surface area (Å²) in [4.78, 5) is 38.2. The minimum Gasteiger partial charge on any atom is -0.336 e. The standard InChI is InChI=1S/C20H18FN3O4/c21-17-5-2-4-16(14-17)20(26)23-11-9-22(10-12-23)19(25)8-7-15-3-1-6-18(13-15)24(27)28/h1-8,13-14H,9-12H2/b8-7+. The Morgan fingerprint density at radius 2 is 1.68 bits per heavy atom. The van der Waals surface area contributed by atoms with Gasteiger partial charge in [-0.1, -0.05) is 18.2 Å². The molecule has 2 aromatic rings. The van der Waals surface area contributed by atoms with Crippen molar-refractivity contribution in [3.8, 4) is 0 Å². The van der Waals surface area contributed by atoms with E-state index in [1.807, 2.05) is 0 Å². The molecule has 7 nitrogen and oxygen atoms in total. The highest BCUT2D eigenvalue weighted by molar-refractivity contribution is 5.95. The second kappa shape index (κ2) is 8.43. The number of nitro groups is 1. The van der Waals surface area contributed by atoms with Gasteiger partial charge in [0.2, 0.25) is 5.91 Å². The monoisotopic (exact) mass is 383 g/mol. The predicted molar refractivity (Wildman–Crippen MR) is 101 cm³/mol. The van der Waals surface area contributed by atoms with Crippen LogP contribution < -0.4 is 0 Å². The maximum absolute atomic E-state index is 13.3. The Bertz CT molecular complexity index is 937. The molecule has 1 heterocycles. The number of rotatable bonds is 4. The van der Waals surface area contributed by atoms with Crippen LogP contribution in [0, 0.1) is 15.9 Å². The average molecular weight is 383 g/mol. The third-order valence-corrected chi connectivity index (χ3v) is 4.45. The van der Waals surface area contributed by atoms with E-state index in [4.69, 9.17) is 0 Å². The van der Waals surface area contributed by atoms with Crippen LogP contribution in [0.25, 0.3) is 6.08 Å². The molecule has 0 unspecified atom stereocenters. The number of halogens is 1. The van der Waals surface area contributed by atoms with Gasteiger partial charge in [0, 0.05) is 50.0 Å². The Morgan fingerprint density at radius 3 is 2.36 bits per heavy atom. The van der Waals surface area contributed by atoms with Gasteiger partial charge in [-0.3, -0.25) is 19.7 Å². The molecular weight excluding hydrogens is 365 g/mol. The number of nitrogens with zero attached hydrogens (tertiary/aromatic N) is 3. The van der Waals surface area contributed by atoms with E-state index in [0.29, 0.717) is 31.7 Å². The van der Waals surface area contributed by atoms with Crippen LogP contribution in [0.2, 0.25) is 0 Å². The molecule has 1 fully saturated rings. The molecule has 0 saturated carbocycles. The van der Waals surface area contributed by atoms with Gasteiger partial charge in [0.1, 0.15) is 5.82 Å². The van der Waals surface area contributed by atoms with Crippen molar-refractivity contribution >= 4 is 23.6 Å². The molecule has 0 N–H and O–H groups in total. The molecule has 1 aliphatic heterocycles. The van der Waals surface area contributed by atoms with Crippen LogP contribution in [0.4, 0.5) is 10.1 Å². The number of amides is 2. The molecule has 0 aliphatic carbocycles. The van der Waals surface area contributed by atoms with Gasteiger partial charge in [-0.2, -0.15) is 0 Å². The lowest BCUT2D eigenvalue weighted by Crippen LogP contribution is -2.50. The van der Waals surface area contributed by atoms with Crippen LogP contribution >= 0.6 is 0 Å². The SMILES string of the molecule is O=C(/C=C/c1cccc([N+](=O)[O-])c1)N1CCN(C(=O)c2cccc(F)c2)CC1. The summed E-state index contributed by atoms with van der Waals surface area (Å²) in [7, 11) is 0. The number of benzene rings is 2. The van der Waals surface area contributed by atoms with Crippen LogP contribution in [0.5, 0.6) is 0 Å². The van der Waals surface area contributed by atoms with Crippen molar-refractivity contribution in [1.82, 2.24) is 9.80 Å². The summed E-state index contributed by atoms with van der Waals surface area (Å²) in [5.41, 5.74) is 0.798. The highest BCUT2D eigenvalue weighted by Crippen LogP contribution is 2.15. The summed E-state index contributed by atoms with van der Waals surface area (Å²) >= 11 is 0. The van der Waals surface area contributed by atoms with Gasteiger partial charge in [0.25, 0.3) is 11.6 Å². The fourth-order valence-corrected chi connectivity index (χ4v) is 2.95. The van der Waals surface area contributed by atoms with Crippen molar-refractivity contribution in [3.05, 3.63) is 81.7 Å². The first-order chi connectivity index (χ1) is 13.4. The average Bonchev–Trinajstić information content (AvgIpc) is 2.71. The summed E-state index contributed by atoms with van der Waals surface area (Å²) in [5.74, 6) is -0.964. The number of piperazine rings is 1. The molecule has 1 aliphatic rings. The van der Waals surface area contributed by atoms with Crippen LogP contribution in [0.15, 0.2) is 54.6 Å². The lowest BCUT2D eigenvalue weighted by Gasteiger charge is -2.34. The van der Waals surface area contributed by atoms with E-state index in [0.717, 1.165) is 0 Å². The van der Waals surface area contributed by atoms with E-state index in [1.54, 1.807) is 28.0 Å². The first-order valence-corrected chi connectivity index (χ1v) is 8.70. The molecule has 8 heteroatoms. The zero-order chi connectivity index (χ0) is 20.1. The van der Waals surface area contributed by atoms with Crippen molar-refractivity contribution in [2.45, 2.75) is 0 Å². The predicted octanol–water partition coefficient (Wildman–Crippen LogP) is 2.73. The first-order valence-electron chi connectivity index (χ1n) is 8.70. The lowest BCUT2D eigenvalue weighted by molar-refractivity contribution is -0.384. The molecule has 1 saturated heterocycles. The molecule has 2 amide bonds. The number of nitro benzene ring substituents is 1. The Kier molecular flexibility index (Phi) is 5.78. The van der Waals surface area contributed by atoms with Crippen molar-refractivity contribution in [1.29, 1.82) is 0 Å². The summed E-state index contributed by atoms with van der Waals surface area (Å²) < 4.78 is 13.3. The van der Waals surface area contributed by atoms with E-state index < -0.39 is 10.7 Å². The van der Waals surface area contributed by atoms with Crippen LogP contribution in [-0.4, -0.2) is 52.7 Å². The van der Waals surface area contributed by atoms with Crippen LogP contribution in [-0.2, 0) is 4.79 Å². The third kappa shape index (κ3) is 4.59.